The molecule has 272 valence electrons. The van der Waals surface area contributed by atoms with Crippen LogP contribution in [0, 0.1) is 13.8 Å². The van der Waals surface area contributed by atoms with Crippen LogP contribution < -0.4 is 0 Å². The highest BCUT2D eigenvalue weighted by Gasteiger charge is 2.18. The summed E-state index contributed by atoms with van der Waals surface area (Å²) >= 11 is 7.32. The molecule has 8 nitrogen and oxygen atoms in total. The smallest absolute Gasteiger partial charge is 0.124 e. The molecule has 6 rings (SSSR count). The molecule has 6 aromatic rings. The average molecular weight is 769 g/mol. The molecular weight excluding hydrogens is 721 g/mol. The van der Waals surface area contributed by atoms with E-state index in [0.29, 0.717) is 11.0 Å². The van der Waals surface area contributed by atoms with Crippen LogP contribution in [0.1, 0.15) is 22.3 Å². The summed E-state index contributed by atoms with van der Waals surface area (Å²) in [6.07, 6.45) is 0. The third-order valence-electron chi connectivity index (χ3n) is 8.74. The molecule has 0 bridgehead atoms. The number of hydrogen-bond donors (Lipinski definition) is 0. The number of azo groups is 1. The van der Waals surface area contributed by atoms with Crippen molar-refractivity contribution in [2.24, 2.45) is 10.2 Å². The van der Waals surface area contributed by atoms with Crippen LogP contribution in [-0.2, 0) is 11.5 Å². The predicted molar refractivity (Wildman–Crippen MR) is 229 cm³/mol. The van der Waals surface area contributed by atoms with Crippen molar-refractivity contribution >= 4 is 78.0 Å². The second-order valence-electron chi connectivity index (χ2n) is 14.0. The lowest BCUT2D eigenvalue weighted by molar-refractivity contribution is 0.211. The minimum Gasteiger partial charge on any atom is -0.286 e. The number of aromatic nitrogens is 2. The van der Waals surface area contributed by atoms with E-state index in [1.54, 1.807) is 22.7 Å². The molecule has 2 heterocycles. The highest BCUT2D eigenvalue weighted by atomic mass is 32.2. The van der Waals surface area contributed by atoms with E-state index in [2.05, 4.69) is 149 Å². The van der Waals surface area contributed by atoms with Crippen LogP contribution in [0.25, 0.3) is 41.6 Å². The van der Waals surface area contributed by atoms with Gasteiger partial charge in [-0.05, 0) is 165 Å². The fourth-order valence-electron chi connectivity index (χ4n) is 6.10. The molecule has 0 unspecified atom stereocenters. The van der Waals surface area contributed by atoms with E-state index in [9.17, 15) is 0 Å². The molecule has 0 fully saturated rings. The predicted octanol–water partition coefficient (Wildman–Crippen LogP) is 10.6. The zero-order valence-electron chi connectivity index (χ0n) is 31.7. The van der Waals surface area contributed by atoms with Gasteiger partial charge in [0.25, 0.3) is 0 Å². The van der Waals surface area contributed by atoms with Gasteiger partial charge in [0.1, 0.15) is 21.0 Å². The highest BCUT2D eigenvalue weighted by molar-refractivity contribution is 7.99. The van der Waals surface area contributed by atoms with Crippen LogP contribution in [0.15, 0.2) is 83.0 Å². The Morgan fingerprint density at radius 3 is 1.21 bits per heavy atom. The highest BCUT2D eigenvalue weighted by Crippen LogP contribution is 2.36. The molecule has 0 N–H and O–H groups in total. The van der Waals surface area contributed by atoms with Gasteiger partial charge in [0, 0.05) is 22.6 Å². The Morgan fingerprint density at radius 2 is 0.885 bits per heavy atom. The molecule has 52 heavy (non-hydrogen) atoms. The Kier molecular flexibility index (Phi) is 12.5. The molecule has 0 saturated heterocycles. The van der Waals surface area contributed by atoms with Gasteiger partial charge in [-0.15, -0.1) is 46.2 Å². The quantitative estimate of drug-likeness (QED) is 0.0802. The van der Waals surface area contributed by atoms with Crippen molar-refractivity contribution < 1.29 is 0 Å². The number of thioether (sulfide) groups is 2. The first-order valence-corrected chi connectivity index (χ1v) is 20.9. The van der Waals surface area contributed by atoms with Crippen LogP contribution >= 0.6 is 46.2 Å². The van der Waals surface area contributed by atoms with Gasteiger partial charge < -0.3 is 0 Å². The Labute approximate surface area is 325 Å². The van der Waals surface area contributed by atoms with Crippen molar-refractivity contribution in [1.29, 1.82) is 0 Å². The maximum atomic E-state index is 5.01. The zero-order valence-corrected chi connectivity index (χ0v) is 35.0. The Bertz CT molecular complexity index is 1980. The molecule has 0 radical (unpaired) electrons. The Balaban J connectivity index is 1.10. The summed E-state index contributed by atoms with van der Waals surface area (Å²) in [7, 11) is 17.0. The van der Waals surface area contributed by atoms with E-state index in [1.807, 2.05) is 47.8 Å². The normalized spacial score (nSPS) is 12.5. The molecule has 0 aliphatic carbocycles. The molecule has 0 atom stereocenters. The summed E-state index contributed by atoms with van der Waals surface area (Å²) in [4.78, 5) is 19.0. The second-order valence-corrected chi connectivity index (χ2v) is 18.1. The second kappa shape index (κ2) is 16.9. The third kappa shape index (κ3) is 9.11. The van der Waals surface area contributed by atoms with Crippen molar-refractivity contribution in [1.82, 2.24) is 29.6 Å². The summed E-state index contributed by atoms with van der Waals surface area (Å²) < 4.78 is 2.42. The largest absolute Gasteiger partial charge is 0.286 e. The monoisotopic (exact) mass is 768 g/mol. The summed E-state index contributed by atoms with van der Waals surface area (Å²) in [6, 6.07) is 25.4. The standard InChI is InChI=1S/C40H48N8S4/c1-25-19-35-33(21-29(25)23-49-39(45(3)4)46(5)6)41-37(51-35)27-11-15-31(16-12-27)43-44-32-17-13-28(14-18-32)38-42-34-22-30(26(2)20-36(34)52-38)24-50-40(47(7)8)48(9)10/h11-22,39-40H,23-24H2,1-10H3. The van der Waals surface area contributed by atoms with Crippen LogP contribution in [0.5, 0.6) is 0 Å². The lowest BCUT2D eigenvalue weighted by Gasteiger charge is -2.29. The van der Waals surface area contributed by atoms with E-state index >= 15 is 0 Å². The lowest BCUT2D eigenvalue weighted by Crippen LogP contribution is -2.37. The van der Waals surface area contributed by atoms with E-state index in [-0.39, 0.29) is 0 Å². The van der Waals surface area contributed by atoms with Gasteiger partial charge in [-0.3, -0.25) is 19.6 Å². The van der Waals surface area contributed by atoms with Gasteiger partial charge in [0.05, 0.1) is 31.8 Å². The van der Waals surface area contributed by atoms with Crippen LogP contribution in [-0.4, -0.2) is 96.9 Å². The maximum Gasteiger partial charge on any atom is 0.124 e. The number of nitrogens with zero attached hydrogens (tertiary/aromatic N) is 8. The van der Waals surface area contributed by atoms with Crippen molar-refractivity contribution in [3.8, 4) is 21.1 Å². The molecule has 2 aromatic heterocycles. The van der Waals surface area contributed by atoms with Gasteiger partial charge in [-0.25, -0.2) is 9.97 Å². The molecule has 0 spiro atoms. The molecule has 12 heteroatoms. The summed E-state index contributed by atoms with van der Waals surface area (Å²) in [5, 5.41) is 11.1. The molecule has 0 saturated carbocycles. The number of aryl methyl sites for hydroxylation is 2. The molecule has 4 aromatic carbocycles. The number of thiazole rings is 2. The average Bonchev–Trinajstić information content (AvgIpc) is 3.71. The van der Waals surface area contributed by atoms with Crippen LogP contribution in [0.4, 0.5) is 11.4 Å². The molecular formula is C40H48N8S4. The van der Waals surface area contributed by atoms with Gasteiger partial charge in [-0.2, -0.15) is 10.2 Å². The first-order valence-electron chi connectivity index (χ1n) is 17.2. The molecule has 0 aliphatic rings. The van der Waals surface area contributed by atoms with E-state index < -0.39 is 0 Å². The zero-order chi connectivity index (χ0) is 37.1. The van der Waals surface area contributed by atoms with Crippen LogP contribution in [0.2, 0.25) is 0 Å². The van der Waals surface area contributed by atoms with E-state index in [1.165, 1.54) is 31.7 Å². The minimum atomic E-state index is 0.318. The van der Waals surface area contributed by atoms with E-state index in [0.717, 1.165) is 55.1 Å². The first kappa shape index (κ1) is 38.5. The van der Waals surface area contributed by atoms with Gasteiger partial charge >= 0.3 is 0 Å². The Hall–Kier alpha value is -3.20. The fraction of sp³-hybridized carbons (Fsp3) is 0.350. The first-order chi connectivity index (χ1) is 24.9. The number of benzene rings is 4. The molecule has 0 amide bonds. The fourth-order valence-corrected chi connectivity index (χ4v) is 10.7. The summed E-state index contributed by atoms with van der Waals surface area (Å²) in [6.45, 7) is 4.40. The number of fused-ring (bicyclic) bond motifs is 2. The SMILES string of the molecule is Cc1cc2sc(-c3ccc(N=Nc4ccc(-c5nc6cc(CSC(N(C)C)N(C)C)c(C)cc6s5)cc4)cc3)nc2cc1CSC(N(C)C)N(C)C. The van der Waals surface area contributed by atoms with Gasteiger partial charge in [0.15, 0.2) is 0 Å². The summed E-state index contributed by atoms with van der Waals surface area (Å²) in [5.74, 6) is 1.88. The lowest BCUT2D eigenvalue weighted by atomic mass is 10.1. The van der Waals surface area contributed by atoms with Crippen LogP contribution in [0.3, 0.4) is 0 Å². The number of rotatable bonds is 14. The van der Waals surface area contributed by atoms with E-state index in [4.69, 9.17) is 9.97 Å². The van der Waals surface area contributed by atoms with Crippen molar-refractivity contribution in [2.45, 2.75) is 36.3 Å². The van der Waals surface area contributed by atoms with Crippen molar-refractivity contribution in [2.75, 3.05) is 56.4 Å². The maximum absolute atomic E-state index is 5.01. The van der Waals surface area contributed by atoms with Gasteiger partial charge in [-0.1, -0.05) is 0 Å². The number of hydrogen-bond acceptors (Lipinski definition) is 12. The summed E-state index contributed by atoms with van der Waals surface area (Å²) in [5.41, 5.74) is 11.8. The topological polar surface area (TPSA) is 63.5 Å². The minimum absolute atomic E-state index is 0.318. The third-order valence-corrected chi connectivity index (χ3v) is 14.1. The Morgan fingerprint density at radius 1 is 0.538 bits per heavy atom. The molecule has 0 aliphatic heterocycles. The van der Waals surface area contributed by atoms with Crippen molar-refractivity contribution in [3.63, 3.8) is 0 Å². The van der Waals surface area contributed by atoms with Crippen molar-refractivity contribution in [3.05, 3.63) is 95.1 Å². The van der Waals surface area contributed by atoms with Gasteiger partial charge in [0.2, 0.25) is 0 Å².